The third-order valence-corrected chi connectivity index (χ3v) is 6.40. The number of piperidine rings is 1. The minimum absolute atomic E-state index is 0.0883. The second kappa shape index (κ2) is 11.2. The molecule has 0 saturated carbocycles. The zero-order valence-electron chi connectivity index (χ0n) is 18.8. The van der Waals surface area contributed by atoms with Gasteiger partial charge in [0.25, 0.3) is 5.91 Å². The lowest BCUT2D eigenvalue weighted by Crippen LogP contribution is -2.39. The predicted octanol–water partition coefficient (Wildman–Crippen LogP) is 3.70. The van der Waals surface area contributed by atoms with Crippen LogP contribution in [0.1, 0.15) is 34.9 Å². The maximum absolute atomic E-state index is 13.0. The van der Waals surface area contributed by atoms with Gasteiger partial charge >= 0.3 is 0 Å². The summed E-state index contributed by atoms with van der Waals surface area (Å²) in [5, 5.41) is 0.714. The maximum Gasteiger partial charge on any atom is 0.274 e. The van der Waals surface area contributed by atoms with Gasteiger partial charge in [-0.25, -0.2) is 15.0 Å². The number of benzene rings is 1. The van der Waals surface area contributed by atoms with Crippen LogP contribution in [0, 0.1) is 0 Å². The highest BCUT2D eigenvalue weighted by molar-refractivity contribution is 7.99. The zero-order valence-corrected chi connectivity index (χ0v) is 19.6. The van der Waals surface area contributed by atoms with Crippen LogP contribution in [-0.2, 0) is 4.74 Å². The first kappa shape index (κ1) is 23.1. The number of hydrogen-bond donors (Lipinski definition) is 0. The Balaban J connectivity index is 1.65. The molecule has 1 saturated heterocycles. The standard InChI is InChI=1S/C24H27N5O3S/c1-31-11-12-33-24-27-14-20(17-5-3-7-19(13-17)32-2)22(28-24)18-6-4-10-29(16-18)23(30)21-15-25-8-9-26-21/h3,5,7-9,13-15,18H,4,6,10-12,16H2,1-2H3/t18-/m1/s1. The van der Waals surface area contributed by atoms with E-state index in [0.717, 1.165) is 41.2 Å². The van der Waals surface area contributed by atoms with E-state index in [9.17, 15) is 4.79 Å². The van der Waals surface area contributed by atoms with Gasteiger partial charge in [-0.1, -0.05) is 23.9 Å². The van der Waals surface area contributed by atoms with E-state index in [2.05, 4.69) is 15.0 Å². The van der Waals surface area contributed by atoms with Crippen LogP contribution < -0.4 is 4.74 Å². The molecule has 33 heavy (non-hydrogen) atoms. The molecule has 0 unspecified atom stereocenters. The molecule has 0 radical (unpaired) electrons. The van der Waals surface area contributed by atoms with Crippen molar-refractivity contribution in [1.82, 2.24) is 24.8 Å². The van der Waals surface area contributed by atoms with E-state index in [0.29, 0.717) is 30.5 Å². The lowest BCUT2D eigenvalue weighted by Gasteiger charge is -2.33. The monoisotopic (exact) mass is 465 g/mol. The second-order valence-electron chi connectivity index (χ2n) is 7.71. The van der Waals surface area contributed by atoms with Gasteiger partial charge in [-0.3, -0.25) is 9.78 Å². The molecule has 2 aromatic heterocycles. The number of thioether (sulfide) groups is 1. The normalized spacial score (nSPS) is 15.9. The molecular weight excluding hydrogens is 438 g/mol. The number of hydrogen-bond acceptors (Lipinski definition) is 8. The molecule has 1 aliphatic rings. The van der Waals surface area contributed by atoms with Gasteiger partial charge in [0, 0.05) is 56.0 Å². The first-order chi connectivity index (χ1) is 16.2. The summed E-state index contributed by atoms with van der Waals surface area (Å²) in [5.74, 6) is 1.54. The van der Waals surface area contributed by atoms with E-state index in [4.69, 9.17) is 14.5 Å². The summed E-state index contributed by atoms with van der Waals surface area (Å²) in [7, 11) is 3.34. The average Bonchev–Trinajstić information content (AvgIpc) is 2.89. The van der Waals surface area contributed by atoms with Gasteiger partial charge in [0.05, 0.1) is 25.6 Å². The summed E-state index contributed by atoms with van der Waals surface area (Å²) < 4.78 is 10.6. The molecule has 3 heterocycles. The quantitative estimate of drug-likeness (QED) is 0.283. The summed E-state index contributed by atoms with van der Waals surface area (Å²) in [5.41, 5.74) is 3.28. The highest BCUT2D eigenvalue weighted by Gasteiger charge is 2.29. The number of methoxy groups -OCH3 is 2. The summed E-state index contributed by atoms with van der Waals surface area (Å²) >= 11 is 1.57. The van der Waals surface area contributed by atoms with Crippen molar-refractivity contribution in [3.8, 4) is 16.9 Å². The van der Waals surface area contributed by atoms with E-state index in [-0.39, 0.29) is 11.8 Å². The van der Waals surface area contributed by atoms with Gasteiger partial charge in [0.1, 0.15) is 11.4 Å². The highest BCUT2D eigenvalue weighted by Crippen LogP contribution is 2.35. The predicted molar refractivity (Wildman–Crippen MR) is 127 cm³/mol. The Labute approximate surface area is 197 Å². The average molecular weight is 466 g/mol. The summed E-state index contributed by atoms with van der Waals surface area (Å²) in [4.78, 5) is 32.6. The number of ether oxygens (including phenoxy) is 2. The largest absolute Gasteiger partial charge is 0.497 e. The molecule has 1 aromatic carbocycles. The smallest absolute Gasteiger partial charge is 0.274 e. The van der Waals surface area contributed by atoms with Gasteiger partial charge in [0.2, 0.25) is 0 Å². The molecule has 1 fully saturated rings. The Hall–Kier alpha value is -3.04. The SMILES string of the molecule is COCCSc1ncc(-c2cccc(OC)c2)c([C@@H]2CCCN(C(=O)c3cnccn3)C2)n1. The van der Waals surface area contributed by atoms with Crippen molar-refractivity contribution in [1.29, 1.82) is 0 Å². The molecular formula is C24H27N5O3S. The van der Waals surface area contributed by atoms with Crippen molar-refractivity contribution in [2.75, 3.05) is 39.7 Å². The molecule has 1 amide bonds. The van der Waals surface area contributed by atoms with Gasteiger partial charge in [0.15, 0.2) is 5.16 Å². The van der Waals surface area contributed by atoms with E-state index in [1.54, 1.807) is 38.4 Å². The number of rotatable bonds is 8. The number of carbonyl (C=O) groups excluding carboxylic acids is 1. The van der Waals surface area contributed by atoms with Crippen LogP contribution in [0.4, 0.5) is 0 Å². The van der Waals surface area contributed by atoms with Gasteiger partial charge in [-0.05, 0) is 30.5 Å². The third kappa shape index (κ3) is 5.66. The van der Waals surface area contributed by atoms with Gasteiger partial charge in [-0.2, -0.15) is 0 Å². The van der Waals surface area contributed by atoms with E-state index >= 15 is 0 Å². The van der Waals surface area contributed by atoms with Crippen molar-refractivity contribution in [3.05, 3.63) is 60.4 Å². The van der Waals surface area contributed by atoms with Crippen molar-refractivity contribution < 1.29 is 14.3 Å². The number of likely N-dealkylation sites (tertiary alicyclic amines) is 1. The molecule has 4 rings (SSSR count). The molecule has 3 aromatic rings. The lowest BCUT2D eigenvalue weighted by atomic mass is 9.90. The molecule has 172 valence electrons. The number of nitrogens with zero attached hydrogens (tertiary/aromatic N) is 5. The van der Waals surface area contributed by atoms with Crippen molar-refractivity contribution in [2.45, 2.75) is 23.9 Å². The second-order valence-corrected chi connectivity index (χ2v) is 8.77. The Morgan fingerprint density at radius 3 is 2.91 bits per heavy atom. The Morgan fingerprint density at radius 1 is 1.21 bits per heavy atom. The first-order valence-corrected chi connectivity index (χ1v) is 11.9. The molecule has 8 nitrogen and oxygen atoms in total. The fourth-order valence-electron chi connectivity index (χ4n) is 3.94. The van der Waals surface area contributed by atoms with Crippen LogP contribution in [0.3, 0.4) is 0 Å². The summed E-state index contributed by atoms with van der Waals surface area (Å²) in [6, 6.07) is 7.91. The van der Waals surface area contributed by atoms with E-state index in [1.165, 1.54) is 6.20 Å². The van der Waals surface area contributed by atoms with Crippen LogP contribution in [0.15, 0.2) is 54.2 Å². The third-order valence-electron chi connectivity index (χ3n) is 5.57. The van der Waals surface area contributed by atoms with Crippen molar-refractivity contribution in [3.63, 3.8) is 0 Å². The zero-order chi connectivity index (χ0) is 23.0. The van der Waals surface area contributed by atoms with Crippen LogP contribution in [0.5, 0.6) is 5.75 Å². The summed E-state index contributed by atoms with van der Waals surface area (Å²) in [6.07, 6.45) is 8.35. The topological polar surface area (TPSA) is 90.3 Å². The van der Waals surface area contributed by atoms with Crippen LogP contribution in [-0.4, -0.2) is 70.4 Å². The van der Waals surface area contributed by atoms with Gasteiger partial charge < -0.3 is 14.4 Å². The van der Waals surface area contributed by atoms with Crippen LogP contribution in [0.2, 0.25) is 0 Å². The van der Waals surface area contributed by atoms with Crippen molar-refractivity contribution >= 4 is 17.7 Å². The minimum atomic E-state index is -0.0977. The highest BCUT2D eigenvalue weighted by atomic mass is 32.2. The van der Waals surface area contributed by atoms with E-state index < -0.39 is 0 Å². The molecule has 0 bridgehead atoms. The van der Waals surface area contributed by atoms with Crippen molar-refractivity contribution in [2.24, 2.45) is 0 Å². The van der Waals surface area contributed by atoms with Crippen LogP contribution >= 0.6 is 11.8 Å². The molecule has 1 atom stereocenters. The number of amides is 1. The molecule has 0 N–H and O–H groups in total. The Bertz CT molecular complexity index is 1080. The number of carbonyl (C=O) groups is 1. The Morgan fingerprint density at radius 2 is 2.12 bits per heavy atom. The maximum atomic E-state index is 13.0. The summed E-state index contributed by atoms with van der Waals surface area (Å²) in [6.45, 7) is 1.90. The molecule has 0 spiro atoms. The molecule has 9 heteroatoms. The molecule has 1 aliphatic heterocycles. The Kier molecular flexibility index (Phi) is 7.85. The lowest BCUT2D eigenvalue weighted by molar-refractivity contribution is 0.0699. The number of aromatic nitrogens is 4. The fraction of sp³-hybridized carbons (Fsp3) is 0.375. The minimum Gasteiger partial charge on any atom is -0.497 e. The first-order valence-electron chi connectivity index (χ1n) is 10.9. The fourth-order valence-corrected chi connectivity index (χ4v) is 4.67. The van der Waals surface area contributed by atoms with Crippen LogP contribution in [0.25, 0.3) is 11.1 Å². The molecule has 0 aliphatic carbocycles. The van der Waals surface area contributed by atoms with E-state index in [1.807, 2.05) is 35.4 Å². The van der Waals surface area contributed by atoms with Gasteiger partial charge in [-0.15, -0.1) is 0 Å².